The monoisotopic (exact) mass is 194 g/mol. The maximum atomic E-state index is 11.2. The molecule has 0 aliphatic heterocycles. The lowest BCUT2D eigenvalue weighted by Crippen LogP contribution is -2.25. The van der Waals surface area contributed by atoms with Crippen LogP contribution in [0.1, 0.15) is 5.56 Å². The highest BCUT2D eigenvalue weighted by Gasteiger charge is 2.06. The summed E-state index contributed by atoms with van der Waals surface area (Å²) in [7, 11) is 1.69. The third-order valence-electron chi connectivity index (χ3n) is 1.85. The molecule has 4 nitrogen and oxygen atoms in total. The molecule has 1 aromatic rings. The van der Waals surface area contributed by atoms with Crippen LogP contribution in [-0.2, 0) is 4.79 Å². The standard InChI is InChI=1S/C10H14N2O2/c1-7-4-3-5-8(10(7)14)12-9(13)6-11-2/h3-5,11,14H,6H2,1-2H3,(H,12,13). The quantitative estimate of drug-likeness (QED) is 0.625. The first-order valence-electron chi connectivity index (χ1n) is 4.38. The van der Waals surface area contributed by atoms with Crippen molar-refractivity contribution in [3.63, 3.8) is 0 Å². The van der Waals surface area contributed by atoms with E-state index in [1.54, 1.807) is 32.2 Å². The molecular formula is C10H14N2O2. The van der Waals surface area contributed by atoms with Crippen molar-refractivity contribution in [2.45, 2.75) is 6.92 Å². The van der Waals surface area contributed by atoms with Crippen LogP contribution in [0, 0.1) is 6.92 Å². The zero-order valence-electron chi connectivity index (χ0n) is 8.29. The average Bonchev–Trinajstić information content (AvgIpc) is 2.13. The second-order valence-electron chi connectivity index (χ2n) is 3.05. The number of aromatic hydroxyl groups is 1. The highest BCUT2D eigenvalue weighted by Crippen LogP contribution is 2.26. The van der Waals surface area contributed by atoms with Gasteiger partial charge in [0.25, 0.3) is 0 Å². The number of carbonyl (C=O) groups excluding carboxylic acids is 1. The molecule has 4 heteroatoms. The van der Waals surface area contributed by atoms with Crippen molar-refractivity contribution in [3.8, 4) is 5.75 Å². The van der Waals surface area contributed by atoms with E-state index in [0.717, 1.165) is 5.56 Å². The minimum absolute atomic E-state index is 0.122. The van der Waals surface area contributed by atoms with Gasteiger partial charge in [-0.25, -0.2) is 0 Å². The van der Waals surface area contributed by atoms with Crippen LogP contribution >= 0.6 is 0 Å². The fourth-order valence-electron chi connectivity index (χ4n) is 1.11. The normalized spacial score (nSPS) is 9.86. The van der Waals surface area contributed by atoms with Gasteiger partial charge in [-0.15, -0.1) is 0 Å². The van der Waals surface area contributed by atoms with E-state index in [2.05, 4.69) is 10.6 Å². The molecule has 0 radical (unpaired) electrons. The van der Waals surface area contributed by atoms with Gasteiger partial charge in [0.1, 0.15) is 5.75 Å². The van der Waals surface area contributed by atoms with Crippen molar-refractivity contribution < 1.29 is 9.90 Å². The number of rotatable bonds is 3. The number of amides is 1. The maximum Gasteiger partial charge on any atom is 0.238 e. The second-order valence-corrected chi connectivity index (χ2v) is 3.05. The van der Waals surface area contributed by atoms with Crippen LogP contribution in [-0.4, -0.2) is 24.6 Å². The summed E-state index contributed by atoms with van der Waals surface area (Å²) in [5, 5.41) is 14.9. The van der Waals surface area contributed by atoms with Gasteiger partial charge in [-0.05, 0) is 25.6 Å². The summed E-state index contributed by atoms with van der Waals surface area (Å²) in [6, 6.07) is 5.23. The number of phenolic OH excluding ortho intramolecular Hbond substituents is 1. The number of para-hydroxylation sites is 1. The Bertz CT molecular complexity index is 337. The number of phenols is 1. The summed E-state index contributed by atoms with van der Waals surface area (Å²) in [5.41, 5.74) is 1.19. The summed E-state index contributed by atoms with van der Waals surface area (Å²) < 4.78 is 0. The molecule has 0 unspecified atom stereocenters. The van der Waals surface area contributed by atoms with Gasteiger partial charge in [-0.3, -0.25) is 4.79 Å². The highest BCUT2D eigenvalue weighted by atomic mass is 16.3. The third-order valence-corrected chi connectivity index (χ3v) is 1.85. The lowest BCUT2D eigenvalue weighted by Gasteiger charge is -2.08. The number of hydrogen-bond donors (Lipinski definition) is 3. The topological polar surface area (TPSA) is 61.4 Å². The molecule has 0 aromatic heterocycles. The zero-order valence-corrected chi connectivity index (χ0v) is 8.29. The van der Waals surface area contributed by atoms with Gasteiger partial charge < -0.3 is 15.7 Å². The van der Waals surface area contributed by atoms with Gasteiger partial charge in [0.2, 0.25) is 5.91 Å². The Balaban J connectivity index is 2.76. The van der Waals surface area contributed by atoms with E-state index >= 15 is 0 Å². The van der Waals surface area contributed by atoms with Crippen LogP contribution in [0.4, 0.5) is 5.69 Å². The average molecular weight is 194 g/mol. The Morgan fingerprint density at radius 3 is 2.86 bits per heavy atom. The van der Waals surface area contributed by atoms with E-state index in [0.29, 0.717) is 5.69 Å². The summed E-state index contributed by atoms with van der Waals surface area (Å²) in [4.78, 5) is 11.2. The lowest BCUT2D eigenvalue weighted by atomic mass is 10.2. The molecule has 1 amide bonds. The minimum Gasteiger partial charge on any atom is -0.505 e. The smallest absolute Gasteiger partial charge is 0.238 e. The molecule has 1 rings (SSSR count). The first-order chi connectivity index (χ1) is 6.65. The van der Waals surface area contributed by atoms with E-state index in [9.17, 15) is 9.90 Å². The molecule has 0 bridgehead atoms. The second kappa shape index (κ2) is 4.62. The molecule has 0 saturated heterocycles. The van der Waals surface area contributed by atoms with Gasteiger partial charge in [-0.1, -0.05) is 12.1 Å². The van der Waals surface area contributed by atoms with Crippen LogP contribution in [0.3, 0.4) is 0 Å². The maximum absolute atomic E-state index is 11.2. The first kappa shape index (κ1) is 10.5. The van der Waals surface area contributed by atoms with E-state index < -0.39 is 0 Å². The number of benzene rings is 1. The van der Waals surface area contributed by atoms with Gasteiger partial charge >= 0.3 is 0 Å². The van der Waals surface area contributed by atoms with Crippen LogP contribution < -0.4 is 10.6 Å². The fraction of sp³-hybridized carbons (Fsp3) is 0.300. The van der Waals surface area contributed by atoms with E-state index in [1.807, 2.05) is 0 Å². The molecule has 76 valence electrons. The molecule has 1 aromatic carbocycles. The number of nitrogens with one attached hydrogen (secondary N) is 2. The molecule has 0 saturated carbocycles. The van der Waals surface area contributed by atoms with Crippen molar-refractivity contribution in [1.29, 1.82) is 0 Å². The Morgan fingerprint density at radius 2 is 2.21 bits per heavy atom. The number of anilines is 1. The largest absolute Gasteiger partial charge is 0.505 e. The molecule has 0 spiro atoms. The van der Waals surface area contributed by atoms with E-state index in [4.69, 9.17) is 0 Å². The molecule has 0 atom stereocenters. The fourth-order valence-corrected chi connectivity index (χ4v) is 1.11. The zero-order chi connectivity index (χ0) is 10.6. The highest BCUT2D eigenvalue weighted by molar-refractivity contribution is 5.93. The van der Waals surface area contributed by atoms with Crippen LogP contribution in [0.15, 0.2) is 18.2 Å². The van der Waals surface area contributed by atoms with Crippen LogP contribution in [0.5, 0.6) is 5.75 Å². The van der Waals surface area contributed by atoms with Crippen LogP contribution in [0.25, 0.3) is 0 Å². The van der Waals surface area contributed by atoms with Gasteiger partial charge in [0.15, 0.2) is 0 Å². The number of carbonyl (C=O) groups is 1. The molecule has 3 N–H and O–H groups in total. The predicted molar refractivity (Wildman–Crippen MR) is 55.4 cm³/mol. The number of likely N-dealkylation sites (N-methyl/N-ethyl adjacent to an activating group) is 1. The van der Waals surface area contributed by atoms with Gasteiger partial charge in [0, 0.05) is 0 Å². The lowest BCUT2D eigenvalue weighted by molar-refractivity contribution is -0.115. The first-order valence-corrected chi connectivity index (χ1v) is 4.38. The van der Waals surface area contributed by atoms with E-state index in [-0.39, 0.29) is 18.2 Å². The number of hydrogen-bond acceptors (Lipinski definition) is 3. The van der Waals surface area contributed by atoms with Crippen molar-refractivity contribution >= 4 is 11.6 Å². The Kier molecular flexibility index (Phi) is 3.48. The number of aryl methyl sites for hydroxylation is 1. The van der Waals surface area contributed by atoms with Crippen molar-refractivity contribution in [1.82, 2.24) is 5.32 Å². The van der Waals surface area contributed by atoms with Crippen molar-refractivity contribution in [3.05, 3.63) is 23.8 Å². The molecule has 0 aliphatic rings. The summed E-state index contributed by atoms with van der Waals surface area (Å²) >= 11 is 0. The summed E-state index contributed by atoms with van der Waals surface area (Å²) in [6.07, 6.45) is 0. The summed E-state index contributed by atoms with van der Waals surface area (Å²) in [5.74, 6) is -0.0506. The molecule has 0 aliphatic carbocycles. The molecule has 14 heavy (non-hydrogen) atoms. The van der Waals surface area contributed by atoms with Crippen LogP contribution in [0.2, 0.25) is 0 Å². The Morgan fingerprint density at radius 1 is 1.50 bits per heavy atom. The summed E-state index contributed by atoms with van der Waals surface area (Å²) in [6.45, 7) is 2.01. The van der Waals surface area contributed by atoms with E-state index in [1.165, 1.54) is 0 Å². The Labute approximate surface area is 82.9 Å². The molecule has 0 heterocycles. The minimum atomic E-state index is -0.173. The SMILES string of the molecule is CNCC(=O)Nc1cccc(C)c1O. The Hall–Kier alpha value is -1.55. The van der Waals surface area contributed by atoms with Gasteiger partial charge in [0.05, 0.1) is 12.2 Å². The third kappa shape index (κ3) is 2.47. The van der Waals surface area contributed by atoms with Crippen molar-refractivity contribution in [2.75, 3.05) is 18.9 Å². The molecule has 0 fully saturated rings. The van der Waals surface area contributed by atoms with Gasteiger partial charge in [-0.2, -0.15) is 0 Å². The predicted octanol–water partition coefficient (Wildman–Crippen LogP) is 0.859. The molecular weight excluding hydrogens is 180 g/mol. The van der Waals surface area contributed by atoms with Crippen molar-refractivity contribution in [2.24, 2.45) is 0 Å².